The molecular formula is C23H23FN4O3. The van der Waals surface area contributed by atoms with Crippen molar-refractivity contribution >= 4 is 17.5 Å². The molecule has 1 aliphatic rings. The second-order valence-electron chi connectivity index (χ2n) is 7.50. The molecule has 0 saturated heterocycles. The van der Waals surface area contributed by atoms with Crippen molar-refractivity contribution in [2.24, 2.45) is 0 Å². The first kappa shape index (κ1) is 20.6. The number of benzene rings is 2. The van der Waals surface area contributed by atoms with Crippen molar-refractivity contribution in [2.75, 3.05) is 19.0 Å². The van der Waals surface area contributed by atoms with Gasteiger partial charge in [0.1, 0.15) is 17.3 Å². The Morgan fingerprint density at radius 3 is 2.68 bits per heavy atom. The molecule has 31 heavy (non-hydrogen) atoms. The highest BCUT2D eigenvalue weighted by Gasteiger charge is 2.26. The van der Waals surface area contributed by atoms with Gasteiger partial charge in [0, 0.05) is 25.7 Å². The summed E-state index contributed by atoms with van der Waals surface area (Å²) in [6.07, 6.45) is 0.703. The summed E-state index contributed by atoms with van der Waals surface area (Å²) in [4.78, 5) is 27.6. The molecule has 0 bridgehead atoms. The summed E-state index contributed by atoms with van der Waals surface area (Å²) in [5.74, 6) is -0.393. The number of methoxy groups -OCH3 is 1. The fourth-order valence-corrected chi connectivity index (χ4v) is 3.61. The molecule has 0 spiro atoms. The minimum absolute atomic E-state index is 0.163. The Morgan fingerprint density at radius 1 is 1.16 bits per heavy atom. The number of carbonyl (C=O) groups is 2. The van der Waals surface area contributed by atoms with Gasteiger partial charge in [-0.3, -0.25) is 14.3 Å². The highest BCUT2D eigenvalue weighted by molar-refractivity contribution is 6.05. The summed E-state index contributed by atoms with van der Waals surface area (Å²) in [6.45, 7) is 3.37. The fourth-order valence-electron chi connectivity index (χ4n) is 3.61. The van der Waals surface area contributed by atoms with Crippen LogP contribution in [0.2, 0.25) is 0 Å². The molecule has 8 heteroatoms. The third-order valence-corrected chi connectivity index (χ3v) is 5.21. The molecule has 4 rings (SSSR count). The Labute approximate surface area is 179 Å². The van der Waals surface area contributed by atoms with Crippen molar-refractivity contribution in [3.63, 3.8) is 0 Å². The lowest BCUT2D eigenvalue weighted by atomic mass is 10.2. The molecule has 7 nitrogen and oxygen atoms in total. The number of amides is 2. The smallest absolute Gasteiger partial charge is 0.276 e. The maximum atomic E-state index is 13.2. The Balaban J connectivity index is 1.54. The van der Waals surface area contributed by atoms with Crippen LogP contribution < -0.4 is 10.1 Å². The molecule has 0 radical (unpaired) electrons. The number of fused-ring (bicyclic) bond motifs is 1. The van der Waals surface area contributed by atoms with Crippen LogP contribution in [0.1, 0.15) is 38.5 Å². The molecule has 3 aromatic rings. The van der Waals surface area contributed by atoms with Gasteiger partial charge in [-0.1, -0.05) is 18.2 Å². The minimum Gasteiger partial charge on any atom is -0.495 e. The minimum atomic E-state index is -0.414. The van der Waals surface area contributed by atoms with Crippen LogP contribution in [-0.4, -0.2) is 40.1 Å². The van der Waals surface area contributed by atoms with E-state index in [0.29, 0.717) is 43.2 Å². The topological polar surface area (TPSA) is 76.5 Å². The predicted molar refractivity (Wildman–Crippen MR) is 114 cm³/mol. The van der Waals surface area contributed by atoms with E-state index in [9.17, 15) is 14.0 Å². The van der Waals surface area contributed by atoms with Crippen molar-refractivity contribution in [2.45, 2.75) is 26.4 Å². The van der Waals surface area contributed by atoms with Crippen LogP contribution in [-0.2, 0) is 13.1 Å². The summed E-state index contributed by atoms with van der Waals surface area (Å²) in [6, 6.07) is 13.1. The molecule has 2 amide bonds. The number of nitrogens with zero attached hydrogens (tertiary/aromatic N) is 3. The van der Waals surface area contributed by atoms with Crippen molar-refractivity contribution in [1.82, 2.24) is 14.7 Å². The predicted octanol–water partition coefficient (Wildman–Crippen LogP) is 3.64. The average molecular weight is 422 g/mol. The number of aryl methyl sites for hydroxylation is 2. The van der Waals surface area contributed by atoms with Gasteiger partial charge in [-0.15, -0.1) is 0 Å². The van der Waals surface area contributed by atoms with E-state index >= 15 is 0 Å². The molecule has 1 aromatic heterocycles. The van der Waals surface area contributed by atoms with Crippen LogP contribution >= 0.6 is 0 Å². The molecule has 2 heterocycles. The number of halogens is 1. The first-order chi connectivity index (χ1) is 14.9. The van der Waals surface area contributed by atoms with Crippen LogP contribution in [0.3, 0.4) is 0 Å². The number of ether oxygens (including phenoxy) is 1. The highest BCUT2D eigenvalue weighted by Crippen LogP contribution is 2.26. The molecule has 2 aromatic carbocycles. The van der Waals surface area contributed by atoms with E-state index in [1.165, 1.54) is 25.3 Å². The Hall–Kier alpha value is -3.68. The highest BCUT2D eigenvalue weighted by atomic mass is 19.1. The first-order valence-corrected chi connectivity index (χ1v) is 10.0. The molecule has 0 fully saturated rings. The van der Waals surface area contributed by atoms with Gasteiger partial charge in [0.25, 0.3) is 11.8 Å². The van der Waals surface area contributed by atoms with Gasteiger partial charge in [0.2, 0.25) is 0 Å². The van der Waals surface area contributed by atoms with E-state index in [1.807, 2.05) is 19.1 Å². The summed E-state index contributed by atoms with van der Waals surface area (Å²) in [5, 5.41) is 7.17. The van der Waals surface area contributed by atoms with Crippen LogP contribution in [0.25, 0.3) is 0 Å². The Kier molecular flexibility index (Phi) is 5.70. The molecule has 0 aliphatic carbocycles. The van der Waals surface area contributed by atoms with E-state index in [-0.39, 0.29) is 17.4 Å². The summed E-state index contributed by atoms with van der Waals surface area (Å²) < 4.78 is 20.1. The molecular weight excluding hydrogens is 399 g/mol. The zero-order chi connectivity index (χ0) is 22.0. The molecule has 160 valence electrons. The number of aromatic nitrogens is 2. The van der Waals surface area contributed by atoms with Gasteiger partial charge in [-0.25, -0.2) is 4.39 Å². The van der Waals surface area contributed by atoms with Crippen molar-refractivity contribution < 1.29 is 18.7 Å². The molecule has 1 aliphatic heterocycles. The monoisotopic (exact) mass is 422 g/mol. The third-order valence-electron chi connectivity index (χ3n) is 5.21. The standard InChI is InChI=1S/C23H23FN4O3/c1-15-4-9-21(31-2)18(12-15)25-22(29)19-13-20-23(30)27(10-3-11-28(20)26-19)14-16-5-7-17(24)8-6-16/h4-9,12-13H,3,10-11,14H2,1-2H3,(H,25,29). The van der Waals surface area contributed by atoms with Gasteiger partial charge in [0.15, 0.2) is 5.69 Å². The van der Waals surface area contributed by atoms with Gasteiger partial charge in [0.05, 0.1) is 12.8 Å². The van der Waals surface area contributed by atoms with E-state index in [2.05, 4.69) is 10.4 Å². The van der Waals surface area contributed by atoms with Gasteiger partial charge in [-0.2, -0.15) is 5.10 Å². The van der Waals surface area contributed by atoms with Gasteiger partial charge in [-0.05, 0) is 48.7 Å². The van der Waals surface area contributed by atoms with Gasteiger partial charge < -0.3 is 15.0 Å². The van der Waals surface area contributed by atoms with Crippen molar-refractivity contribution in [3.05, 3.63) is 76.9 Å². The van der Waals surface area contributed by atoms with E-state index in [4.69, 9.17) is 4.74 Å². The van der Waals surface area contributed by atoms with Crippen LogP contribution in [0.5, 0.6) is 5.75 Å². The molecule has 1 N–H and O–H groups in total. The molecule has 0 atom stereocenters. The zero-order valence-electron chi connectivity index (χ0n) is 17.4. The van der Waals surface area contributed by atoms with E-state index in [1.54, 1.807) is 27.8 Å². The zero-order valence-corrected chi connectivity index (χ0v) is 17.4. The number of nitrogens with one attached hydrogen (secondary N) is 1. The number of rotatable bonds is 5. The number of hydrogen-bond acceptors (Lipinski definition) is 4. The lowest BCUT2D eigenvalue weighted by molar-refractivity contribution is 0.0745. The van der Waals surface area contributed by atoms with E-state index in [0.717, 1.165) is 11.1 Å². The molecule has 0 unspecified atom stereocenters. The lowest BCUT2D eigenvalue weighted by Crippen LogP contribution is -2.30. The maximum absolute atomic E-state index is 13.2. The Bertz CT molecular complexity index is 1120. The normalized spacial score (nSPS) is 13.5. The molecule has 0 saturated carbocycles. The van der Waals surface area contributed by atoms with Crippen molar-refractivity contribution in [3.8, 4) is 5.75 Å². The van der Waals surface area contributed by atoms with Crippen LogP contribution in [0.4, 0.5) is 10.1 Å². The second kappa shape index (κ2) is 8.59. The summed E-state index contributed by atoms with van der Waals surface area (Å²) in [7, 11) is 1.54. The summed E-state index contributed by atoms with van der Waals surface area (Å²) >= 11 is 0. The average Bonchev–Trinajstić information content (AvgIpc) is 3.13. The number of anilines is 1. The van der Waals surface area contributed by atoms with Crippen LogP contribution in [0, 0.1) is 12.7 Å². The van der Waals surface area contributed by atoms with Gasteiger partial charge >= 0.3 is 0 Å². The maximum Gasteiger partial charge on any atom is 0.276 e. The quantitative estimate of drug-likeness (QED) is 0.681. The largest absolute Gasteiger partial charge is 0.495 e. The van der Waals surface area contributed by atoms with Crippen molar-refractivity contribution in [1.29, 1.82) is 0 Å². The fraction of sp³-hybridized carbons (Fsp3) is 0.261. The SMILES string of the molecule is COc1ccc(C)cc1NC(=O)c1cc2n(n1)CCCN(Cc1ccc(F)cc1)C2=O. The second-order valence-corrected chi connectivity index (χ2v) is 7.50. The number of carbonyl (C=O) groups excluding carboxylic acids is 2. The lowest BCUT2D eigenvalue weighted by Gasteiger charge is -2.20. The first-order valence-electron chi connectivity index (χ1n) is 10.0. The summed E-state index contributed by atoms with van der Waals surface area (Å²) in [5.41, 5.74) is 2.88. The number of hydrogen-bond donors (Lipinski definition) is 1. The Morgan fingerprint density at radius 2 is 1.94 bits per heavy atom. The van der Waals surface area contributed by atoms with E-state index < -0.39 is 5.91 Å². The van der Waals surface area contributed by atoms with Crippen LogP contribution in [0.15, 0.2) is 48.5 Å². The third kappa shape index (κ3) is 4.42.